The van der Waals surface area contributed by atoms with Crippen LogP contribution in [0.4, 0.5) is 0 Å². The van der Waals surface area contributed by atoms with E-state index >= 15 is 0 Å². The van der Waals surface area contributed by atoms with Gasteiger partial charge in [0.2, 0.25) is 0 Å². The highest BCUT2D eigenvalue weighted by Crippen LogP contribution is 2.40. The number of esters is 1. The van der Waals surface area contributed by atoms with E-state index in [1.807, 2.05) is 18.7 Å². The molecule has 3 nitrogen and oxygen atoms in total. The Morgan fingerprint density at radius 3 is 1.91 bits per heavy atom. The van der Waals surface area contributed by atoms with Crippen molar-refractivity contribution in [2.24, 2.45) is 0 Å². The standard InChI is InChI=1S/C30H52O3S/c1-9-10-11-12-13-14-15-16-19-34-22-23(2)33-27(31)18-17-24-20-25(29(3,4)5)28(32)26(21-24)30(6,7)8/h20-21,23,32H,9-19,22H2,1-8H3. The third-order valence-corrected chi connectivity index (χ3v) is 7.51. The molecular formula is C30H52O3S. The van der Waals surface area contributed by atoms with Crippen molar-refractivity contribution in [3.05, 3.63) is 28.8 Å². The smallest absolute Gasteiger partial charge is 0.306 e. The van der Waals surface area contributed by atoms with Crippen molar-refractivity contribution in [1.82, 2.24) is 0 Å². The number of ether oxygens (including phenoxy) is 1. The predicted molar refractivity (Wildman–Crippen MR) is 149 cm³/mol. The van der Waals surface area contributed by atoms with Crippen molar-refractivity contribution in [2.45, 2.75) is 137 Å². The van der Waals surface area contributed by atoms with Crippen molar-refractivity contribution in [3.63, 3.8) is 0 Å². The summed E-state index contributed by atoms with van der Waals surface area (Å²) in [5.41, 5.74) is 2.63. The second-order valence-corrected chi connectivity index (χ2v) is 13.0. The van der Waals surface area contributed by atoms with Crippen LogP contribution in [0.2, 0.25) is 0 Å². The van der Waals surface area contributed by atoms with Crippen LogP contribution in [0.15, 0.2) is 12.1 Å². The Morgan fingerprint density at radius 2 is 1.41 bits per heavy atom. The molecule has 0 saturated heterocycles. The average molecular weight is 493 g/mol. The molecule has 0 aliphatic carbocycles. The number of benzene rings is 1. The molecule has 196 valence electrons. The first-order valence-corrected chi connectivity index (χ1v) is 14.7. The summed E-state index contributed by atoms with van der Waals surface area (Å²) >= 11 is 1.90. The van der Waals surface area contributed by atoms with Gasteiger partial charge in [-0.2, -0.15) is 11.8 Å². The van der Waals surface area contributed by atoms with Gasteiger partial charge in [-0.25, -0.2) is 0 Å². The van der Waals surface area contributed by atoms with Crippen molar-refractivity contribution < 1.29 is 14.6 Å². The zero-order chi connectivity index (χ0) is 25.8. The Bertz CT molecular complexity index is 693. The summed E-state index contributed by atoms with van der Waals surface area (Å²) in [7, 11) is 0. The van der Waals surface area contributed by atoms with E-state index < -0.39 is 0 Å². The molecule has 0 heterocycles. The van der Waals surface area contributed by atoms with Gasteiger partial charge in [0.05, 0.1) is 0 Å². The summed E-state index contributed by atoms with van der Waals surface area (Å²) in [5, 5.41) is 10.9. The number of hydrogen-bond donors (Lipinski definition) is 1. The normalized spacial score (nSPS) is 13.2. The molecule has 0 bridgehead atoms. The molecule has 0 amide bonds. The first-order chi connectivity index (χ1) is 15.9. The van der Waals surface area contributed by atoms with Crippen LogP contribution in [0, 0.1) is 0 Å². The maximum absolute atomic E-state index is 12.5. The van der Waals surface area contributed by atoms with Gasteiger partial charge in [-0.05, 0) is 53.0 Å². The fourth-order valence-corrected chi connectivity index (χ4v) is 5.11. The van der Waals surface area contributed by atoms with Gasteiger partial charge in [-0.1, -0.05) is 106 Å². The summed E-state index contributed by atoms with van der Waals surface area (Å²) in [6.07, 6.45) is 11.7. The molecule has 1 N–H and O–H groups in total. The molecule has 0 spiro atoms. The van der Waals surface area contributed by atoms with Crippen molar-refractivity contribution >= 4 is 17.7 Å². The molecule has 1 unspecified atom stereocenters. The molecule has 1 aromatic rings. The second-order valence-electron chi connectivity index (χ2n) is 11.9. The maximum atomic E-state index is 12.5. The van der Waals surface area contributed by atoms with Crippen LogP contribution in [0.5, 0.6) is 5.75 Å². The number of carbonyl (C=O) groups is 1. The Morgan fingerprint density at radius 1 is 0.912 bits per heavy atom. The quantitative estimate of drug-likeness (QED) is 0.196. The molecule has 4 heteroatoms. The van der Waals surface area contributed by atoms with Crippen molar-refractivity contribution in [2.75, 3.05) is 11.5 Å². The Balaban J connectivity index is 2.42. The minimum atomic E-state index is -0.165. The van der Waals surface area contributed by atoms with E-state index in [4.69, 9.17) is 4.74 Å². The summed E-state index contributed by atoms with van der Waals surface area (Å²) in [5.74, 6) is 2.26. The SMILES string of the molecule is CCCCCCCCCCSCC(C)OC(=O)CCc1cc(C(C)(C)C)c(O)c(C(C)(C)C)c1. The zero-order valence-electron chi connectivity index (χ0n) is 23.4. The highest BCUT2D eigenvalue weighted by Gasteiger charge is 2.26. The maximum Gasteiger partial charge on any atom is 0.306 e. The van der Waals surface area contributed by atoms with E-state index in [0.29, 0.717) is 18.6 Å². The summed E-state index contributed by atoms with van der Waals surface area (Å²) in [4.78, 5) is 12.5. The van der Waals surface area contributed by atoms with Gasteiger partial charge in [0.25, 0.3) is 0 Å². The van der Waals surface area contributed by atoms with Crippen molar-refractivity contribution in [3.8, 4) is 5.75 Å². The molecule has 1 aromatic carbocycles. The highest BCUT2D eigenvalue weighted by molar-refractivity contribution is 7.99. The van der Waals surface area contributed by atoms with Crippen LogP contribution in [0.3, 0.4) is 0 Å². The molecule has 1 atom stereocenters. The van der Waals surface area contributed by atoms with Gasteiger partial charge in [0.1, 0.15) is 11.9 Å². The summed E-state index contributed by atoms with van der Waals surface area (Å²) in [6.45, 7) is 16.9. The Kier molecular flexibility index (Phi) is 13.7. The number of unbranched alkanes of at least 4 members (excludes halogenated alkanes) is 7. The minimum absolute atomic E-state index is 0.0540. The molecule has 0 aromatic heterocycles. The number of aromatic hydroxyl groups is 1. The molecule has 0 fully saturated rings. The van der Waals surface area contributed by atoms with Crippen LogP contribution in [-0.2, 0) is 26.8 Å². The Hall–Kier alpha value is -1.16. The summed E-state index contributed by atoms with van der Waals surface area (Å²) in [6, 6.07) is 4.11. The largest absolute Gasteiger partial charge is 0.507 e. The number of carbonyl (C=O) groups excluding carboxylic acids is 1. The van der Waals surface area contributed by atoms with E-state index in [1.54, 1.807) is 0 Å². The highest BCUT2D eigenvalue weighted by atomic mass is 32.2. The average Bonchev–Trinajstić information content (AvgIpc) is 2.72. The third kappa shape index (κ3) is 12.0. The lowest BCUT2D eigenvalue weighted by molar-refractivity contribution is -0.147. The molecule has 34 heavy (non-hydrogen) atoms. The van der Waals surface area contributed by atoms with Gasteiger partial charge < -0.3 is 9.84 Å². The first kappa shape index (κ1) is 30.9. The second kappa shape index (κ2) is 15.1. The fourth-order valence-electron chi connectivity index (χ4n) is 4.13. The minimum Gasteiger partial charge on any atom is -0.507 e. The lowest BCUT2D eigenvalue weighted by atomic mass is 9.78. The number of thioether (sulfide) groups is 1. The number of hydrogen-bond acceptors (Lipinski definition) is 4. The molecule has 0 aliphatic rings. The fraction of sp³-hybridized carbons (Fsp3) is 0.767. The van der Waals surface area contributed by atoms with Gasteiger partial charge in [-0.15, -0.1) is 0 Å². The lowest BCUT2D eigenvalue weighted by Gasteiger charge is -2.28. The molecule has 1 rings (SSSR count). The van der Waals surface area contributed by atoms with Crippen LogP contribution in [-0.4, -0.2) is 28.7 Å². The van der Waals surface area contributed by atoms with E-state index in [2.05, 4.69) is 60.6 Å². The molecule has 0 saturated carbocycles. The third-order valence-electron chi connectivity index (χ3n) is 6.23. The topological polar surface area (TPSA) is 46.5 Å². The number of rotatable bonds is 15. The molecule has 0 radical (unpaired) electrons. The van der Waals surface area contributed by atoms with E-state index in [1.165, 1.54) is 51.4 Å². The monoisotopic (exact) mass is 492 g/mol. The summed E-state index contributed by atoms with van der Waals surface area (Å²) < 4.78 is 5.66. The number of aryl methyl sites for hydroxylation is 1. The first-order valence-electron chi connectivity index (χ1n) is 13.5. The van der Waals surface area contributed by atoms with Gasteiger partial charge >= 0.3 is 5.97 Å². The molecular weight excluding hydrogens is 440 g/mol. The van der Waals surface area contributed by atoms with Gasteiger partial charge in [0, 0.05) is 12.2 Å². The molecule has 0 aliphatic heterocycles. The van der Waals surface area contributed by atoms with Crippen LogP contribution < -0.4 is 0 Å². The van der Waals surface area contributed by atoms with Crippen LogP contribution in [0.25, 0.3) is 0 Å². The number of phenolic OH excluding ortho intramolecular Hbond substituents is 1. The Labute approximate surface area is 214 Å². The zero-order valence-corrected chi connectivity index (χ0v) is 24.2. The predicted octanol–water partition coefficient (Wildman–Crippen LogP) is 8.73. The van der Waals surface area contributed by atoms with E-state index in [0.717, 1.165) is 28.2 Å². The van der Waals surface area contributed by atoms with E-state index in [-0.39, 0.29) is 22.9 Å². The number of phenols is 1. The van der Waals surface area contributed by atoms with Crippen molar-refractivity contribution in [1.29, 1.82) is 0 Å². The van der Waals surface area contributed by atoms with E-state index in [9.17, 15) is 9.90 Å². The van der Waals surface area contributed by atoms with Crippen LogP contribution >= 0.6 is 11.8 Å². The van der Waals surface area contributed by atoms with Crippen LogP contribution in [0.1, 0.15) is 130 Å². The lowest BCUT2D eigenvalue weighted by Crippen LogP contribution is -2.19. The van der Waals surface area contributed by atoms with Gasteiger partial charge in [0.15, 0.2) is 0 Å². The van der Waals surface area contributed by atoms with Gasteiger partial charge in [-0.3, -0.25) is 4.79 Å².